The Morgan fingerprint density at radius 3 is 2.47 bits per heavy atom. The van der Waals surface area contributed by atoms with Crippen LogP contribution in [0.15, 0.2) is 35.4 Å². The van der Waals surface area contributed by atoms with Crippen LogP contribution in [0.2, 0.25) is 0 Å². The maximum Gasteiger partial charge on any atom is 0.0602 e. The number of aryl methyl sites for hydroxylation is 1. The van der Waals surface area contributed by atoms with E-state index in [2.05, 4.69) is 58.9 Å². The molecule has 1 aromatic heterocycles. The fourth-order valence-electron chi connectivity index (χ4n) is 8.56. The summed E-state index contributed by atoms with van der Waals surface area (Å²) < 4.78 is 0. The van der Waals surface area contributed by atoms with Gasteiger partial charge in [-0.05, 0) is 105 Å². The van der Waals surface area contributed by atoms with Gasteiger partial charge in [-0.1, -0.05) is 70.8 Å². The van der Waals surface area contributed by atoms with E-state index < -0.39 is 12.2 Å². The second-order valence-electron chi connectivity index (χ2n) is 13.6. The van der Waals surface area contributed by atoms with E-state index in [1.165, 1.54) is 60.3 Å². The molecule has 0 radical (unpaired) electrons. The van der Waals surface area contributed by atoms with Crippen molar-refractivity contribution in [2.75, 3.05) is 6.61 Å². The molecule has 3 aliphatic rings. The smallest absolute Gasteiger partial charge is 0.0602 e. The molecule has 4 heteroatoms. The first-order valence-corrected chi connectivity index (χ1v) is 16.4. The van der Waals surface area contributed by atoms with Gasteiger partial charge in [0.1, 0.15) is 0 Å². The third kappa shape index (κ3) is 6.19. The summed E-state index contributed by atoms with van der Waals surface area (Å²) in [5.74, 6) is 2.55. The average molecular weight is 543 g/mol. The highest BCUT2D eigenvalue weighted by Gasteiger charge is 2.50. The van der Waals surface area contributed by atoms with E-state index in [0.29, 0.717) is 42.4 Å². The Bertz CT molecular complexity index is 964. The molecule has 1 heterocycles. The predicted octanol–water partition coefficient (Wildman–Crippen LogP) is 7.98. The fraction of sp³-hybridized carbons (Fsp3) is 0.765. The summed E-state index contributed by atoms with van der Waals surface area (Å²) in [5.41, 5.74) is 3.07. The minimum Gasteiger partial charge on any atom is -0.395 e. The van der Waals surface area contributed by atoms with E-state index in [1.54, 1.807) is 5.57 Å². The van der Waals surface area contributed by atoms with E-state index in [1.807, 2.05) is 11.3 Å². The van der Waals surface area contributed by atoms with E-state index in [-0.39, 0.29) is 12.0 Å². The van der Waals surface area contributed by atoms with E-state index in [0.717, 1.165) is 18.8 Å². The Labute approximate surface area is 236 Å². The molecule has 3 N–H and O–H groups in total. The number of aliphatic hydroxyl groups is 3. The molecule has 214 valence electrons. The van der Waals surface area contributed by atoms with Gasteiger partial charge in [0.25, 0.3) is 0 Å². The van der Waals surface area contributed by atoms with Crippen LogP contribution < -0.4 is 0 Å². The molecule has 3 fully saturated rings. The molecule has 0 saturated heterocycles. The lowest BCUT2D eigenvalue weighted by Gasteiger charge is -2.44. The second kappa shape index (κ2) is 12.7. The minimum absolute atomic E-state index is 0.117. The molecule has 1 aromatic rings. The molecule has 3 saturated carbocycles. The standard InChI is InChI=1S/C34H54O3S/c1-6-29-13-16-32(38-29)34(22-35,23(2)3)18-7-9-24(4)30-14-15-31-26(10-8-17-33(30,31)5)12-11-25-19-27(36)21-28(37)20-25/h11-13,16,23-24,27-28,30-31,35-37H,6-10,14-15,17-22H2,1-5H3/b25-11?,26-12-/t24?,27-,28+,30-,31?,33-,34-/m1/s1. The SMILES string of the molecule is CCc1ccc([C@@](CO)(CCCC(C)[C@H]2CCC3/C(=C\C=C4C[C@@H](O)C[C@@H](O)C4)CCC[C@@]32C)C(C)C)s1. The minimum atomic E-state index is -0.398. The average Bonchev–Trinajstić information content (AvgIpc) is 3.49. The van der Waals surface area contributed by atoms with Crippen molar-refractivity contribution in [3.8, 4) is 0 Å². The van der Waals surface area contributed by atoms with Crippen molar-refractivity contribution in [3.63, 3.8) is 0 Å². The van der Waals surface area contributed by atoms with Gasteiger partial charge in [-0.3, -0.25) is 0 Å². The summed E-state index contributed by atoms with van der Waals surface area (Å²) in [6, 6.07) is 4.54. The highest BCUT2D eigenvalue weighted by Crippen LogP contribution is 2.60. The van der Waals surface area contributed by atoms with Crippen LogP contribution in [0.3, 0.4) is 0 Å². The Morgan fingerprint density at radius 1 is 1.11 bits per heavy atom. The zero-order chi connectivity index (χ0) is 27.5. The van der Waals surface area contributed by atoms with E-state index >= 15 is 0 Å². The van der Waals surface area contributed by atoms with Gasteiger partial charge < -0.3 is 15.3 Å². The third-order valence-electron chi connectivity index (χ3n) is 11.0. The molecule has 0 amide bonds. The zero-order valence-electron chi connectivity index (χ0n) is 24.7. The van der Waals surface area contributed by atoms with Crippen molar-refractivity contribution < 1.29 is 15.3 Å². The number of allylic oxidation sites excluding steroid dienone is 3. The third-order valence-corrected chi connectivity index (χ3v) is 12.4. The van der Waals surface area contributed by atoms with Crippen LogP contribution >= 0.6 is 11.3 Å². The molecule has 0 bridgehead atoms. The van der Waals surface area contributed by atoms with Crippen LogP contribution in [-0.4, -0.2) is 34.1 Å². The molecule has 3 nitrogen and oxygen atoms in total. The molecule has 2 unspecified atom stereocenters. The highest BCUT2D eigenvalue weighted by atomic mass is 32.1. The van der Waals surface area contributed by atoms with Gasteiger partial charge in [0.15, 0.2) is 0 Å². The van der Waals surface area contributed by atoms with Gasteiger partial charge in [0.2, 0.25) is 0 Å². The maximum absolute atomic E-state index is 10.6. The lowest BCUT2D eigenvalue weighted by molar-refractivity contribution is 0.0609. The molecule has 7 atom stereocenters. The summed E-state index contributed by atoms with van der Waals surface area (Å²) in [4.78, 5) is 2.80. The van der Waals surface area contributed by atoms with Crippen LogP contribution in [0, 0.1) is 29.1 Å². The van der Waals surface area contributed by atoms with Gasteiger partial charge in [0, 0.05) is 15.2 Å². The number of rotatable bonds is 10. The Hall–Kier alpha value is -0.940. The van der Waals surface area contributed by atoms with E-state index in [9.17, 15) is 15.3 Å². The Balaban J connectivity index is 1.41. The van der Waals surface area contributed by atoms with Crippen molar-refractivity contribution in [2.24, 2.45) is 29.1 Å². The Morgan fingerprint density at radius 2 is 1.84 bits per heavy atom. The van der Waals surface area contributed by atoms with Gasteiger partial charge >= 0.3 is 0 Å². The second-order valence-corrected chi connectivity index (χ2v) is 14.7. The summed E-state index contributed by atoms with van der Waals surface area (Å²) in [5, 5.41) is 30.8. The number of hydrogen-bond donors (Lipinski definition) is 3. The molecule has 4 rings (SSSR count). The van der Waals surface area contributed by atoms with Crippen LogP contribution in [-0.2, 0) is 11.8 Å². The molecule has 0 aliphatic heterocycles. The predicted molar refractivity (Wildman–Crippen MR) is 161 cm³/mol. The summed E-state index contributed by atoms with van der Waals surface area (Å²) in [7, 11) is 0. The van der Waals surface area contributed by atoms with E-state index in [4.69, 9.17) is 0 Å². The first-order valence-electron chi connectivity index (χ1n) is 15.6. The molecular formula is C34H54O3S. The number of aliphatic hydroxyl groups excluding tert-OH is 3. The van der Waals surface area contributed by atoms with Gasteiger partial charge in [-0.25, -0.2) is 0 Å². The monoisotopic (exact) mass is 542 g/mol. The summed E-state index contributed by atoms with van der Waals surface area (Å²) in [6.07, 6.45) is 16.7. The first-order chi connectivity index (χ1) is 18.1. The van der Waals surface area contributed by atoms with Crippen LogP contribution in [0.25, 0.3) is 0 Å². The fourth-order valence-corrected chi connectivity index (χ4v) is 9.86. The zero-order valence-corrected chi connectivity index (χ0v) is 25.5. The van der Waals surface area contributed by atoms with Gasteiger partial charge in [-0.15, -0.1) is 11.3 Å². The topological polar surface area (TPSA) is 60.7 Å². The van der Waals surface area contributed by atoms with Crippen LogP contribution in [0.4, 0.5) is 0 Å². The molecule has 3 aliphatic carbocycles. The summed E-state index contributed by atoms with van der Waals surface area (Å²) >= 11 is 1.91. The summed E-state index contributed by atoms with van der Waals surface area (Å²) in [6.45, 7) is 12.1. The lowest BCUT2D eigenvalue weighted by Crippen LogP contribution is -2.37. The van der Waals surface area contributed by atoms with Crippen molar-refractivity contribution in [2.45, 2.75) is 129 Å². The largest absolute Gasteiger partial charge is 0.395 e. The molecular weight excluding hydrogens is 488 g/mol. The van der Waals surface area contributed by atoms with Crippen LogP contribution in [0.5, 0.6) is 0 Å². The quantitative estimate of drug-likeness (QED) is 0.281. The number of thiophene rings is 1. The molecule has 38 heavy (non-hydrogen) atoms. The highest BCUT2D eigenvalue weighted by molar-refractivity contribution is 7.12. The normalized spacial score (nSPS) is 34.6. The number of fused-ring (bicyclic) bond motifs is 1. The molecule has 0 aromatic carbocycles. The van der Waals surface area contributed by atoms with Gasteiger partial charge in [-0.2, -0.15) is 0 Å². The maximum atomic E-state index is 10.6. The Kier molecular flexibility index (Phi) is 10.0. The van der Waals surface area contributed by atoms with Crippen molar-refractivity contribution in [1.29, 1.82) is 0 Å². The van der Waals surface area contributed by atoms with Crippen molar-refractivity contribution in [3.05, 3.63) is 45.2 Å². The van der Waals surface area contributed by atoms with Crippen LogP contribution in [0.1, 0.15) is 115 Å². The lowest BCUT2D eigenvalue weighted by atomic mass is 9.60. The van der Waals surface area contributed by atoms with Gasteiger partial charge in [0.05, 0.1) is 18.8 Å². The first kappa shape index (κ1) is 30.0. The van der Waals surface area contributed by atoms with Crippen molar-refractivity contribution in [1.82, 2.24) is 0 Å². The number of hydrogen-bond acceptors (Lipinski definition) is 4. The molecule has 0 spiro atoms. The van der Waals surface area contributed by atoms with Crippen molar-refractivity contribution >= 4 is 11.3 Å².